The largest absolute Gasteiger partial charge is 0.478 e. The second kappa shape index (κ2) is 9.25. The number of rotatable bonds is 6. The maximum absolute atomic E-state index is 13.2. The highest BCUT2D eigenvalue weighted by Crippen LogP contribution is 2.29. The highest BCUT2D eigenvalue weighted by Gasteiger charge is 2.19. The molecule has 0 aliphatic rings. The van der Waals surface area contributed by atoms with Crippen LogP contribution in [0.5, 0.6) is 0 Å². The highest BCUT2D eigenvalue weighted by molar-refractivity contribution is 6.30. The minimum Gasteiger partial charge on any atom is -0.478 e. The molecule has 1 atom stereocenters. The molecule has 1 unspecified atom stereocenters. The van der Waals surface area contributed by atoms with E-state index in [9.17, 15) is 14.7 Å². The van der Waals surface area contributed by atoms with Crippen molar-refractivity contribution in [2.45, 2.75) is 19.3 Å². The number of carboxylic acid groups (broad SMARTS) is 1. The molecule has 0 spiro atoms. The Morgan fingerprint density at radius 2 is 1.62 bits per heavy atom. The molecule has 0 heterocycles. The maximum atomic E-state index is 13.2. The first-order valence-electron chi connectivity index (χ1n) is 10.3. The number of aromatic carboxylic acids is 1. The van der Waals surface area contributed by atoms with Crippen LogP contribution in [0.4, 0.5) is 5.69 Å². The molecule has 0 radical (unpaired) electrons. The van der Waals surface area contributed by atoms with Crippen LogP contribution in [0.15, 0.2) is 84.9 Å². The van der Waals surface area contributed by atoms with Crippen LogP contribution in [0, 0.1) is 0 Å². The molecule has 4 rings (SSSR count). The Balaban J connectivity index is 1.64. The number of anilines is 1. The van der Waals surface area contributed by atoms with Gasteiger partial charge in [-0.05, 0) is 58.7 Å². The van der Waals surface area contributed by atoms with Gasteiger partial charge in [0.15, 0.2) is 0 Å². The van der Waals surface area contributed by atoms with Crippen LogP contribution < -0.4 is 5.32 Å². The van der Waals surface area contributed by atoms with Crippen LogP contribution in [0.2, 0.25) is 5.02 Å². The molecule has 0 fully saturated rings. The summed E-state index contributed by atoms with van der Waals surface area (Å²) >= 11 is 6.22. The molecule has 2 N–H and O–H groups in total. The van der Waals surface area contributed by atoms with E-state index in [1.165, 1.54) is 0 Å². The molecule has 32 heavy (non-hydrogen) atoms. The van der Waals surface area contributed by atoms with E-state index in [1.807, 2.05) is 49.4 Å². The van der Waals surface area contributed by atoms with Crippen molar-refractivity contribution in [2.75, 3.05) is 5.32 Å². The van der Waals surface area contributed by atoms with Gasteiger partial charge in [-0.1, -0.05) is 72.3 Å². The van der Waals surface area contributed by atoms with Crippen molar-refractivity contribution in [1.82, 2.24) is 0 Å². The summed E-state index contributed by atoms with van der Waals surface area (Å²) in [6.45, 7) is 1.88. The SMILES string of the molecule is CC(C(=O)Nc1ccc(Cl)cc1Cc1ccccc1C(=O)O)c1cccc2ccccc12. The summed E-state index contributed by atoms with van der Waals surface area (Å²) in [4.78, 5) is 24.8. The third-order valence-corrected chi connectivity index (χ3v) is 5.87. The van der Waals surface area contributed by atoms with E-state index in [0.717, 1.165) is 21.9 Å². The van der Waals surface area contributed by atoms with Gasteiger partial charge in [-0.3, -0.25) is 4.79 Å². The summed E-state index contributed by atoms with van der Waals surface area (Å²) < 4.78 is 0. The van der Waals surface area contributed by atoms with Crippen molar-refractivity contribution in [1.29, 1.82) is 0 Å². The third-order valence-electron chi connectivity index (χ3n) is 5.64. The van der Waals surface area contributed by atoms with Crippen molar-refractivity contribution >= 4 is 39.9 Å². The molecule has 4 aromatic carbocycles. The van der Waals surface area contributed by atoms with Gasteiger partial charge in [0.1, 0.15) is 0 Å². The fourth-order valence-electron chi connectivity index (χ4n) is 3.93. The number of halogens is 1. The Hall–Kier alpha value is -3.63. The number of carbonyl (C=O) groups excluding carboxylic acids is 1. The fraction of sp³-hybridized carbons (Fsp3) is 0.111. The van der Waals surface area contributed by atoms with Crippen LogP contribution in [0.3, 0.4) is 0 Å². The van der Waals surface area contributed by atoms with Crippen LogP contribution in [0.1, 0.15) is 39.9 Å². The maximum Gasteiger partial charge on any atom is 0.335 e. The number of benzene rings is 4. The topological polar surface area (TPSA) is 66.4 Å². The number of amides is 1. The summed E-state index contributed by atoms with van der Waals surface area (Å²) in [6.07, 6.45) is 0.335. The van der Waals surface area contributed by atoms with E-state index in [2.05, 4.69) is 5.32 Å². The standard InChI is InChI=1S/C27H22ClNO3/c1-17(22-12-6-9-18-7-2-4-10-23(18)22)26(30)29-25-14-13-21(28)16-20(25)15-19-8-3-5-11-24(19)27(31)32/h2-14,16-17H,15H2,1H3,(H,29,30)(H,31,32). The second-order valence-electron chi connectivity index (χ2n) is 7.72. The minimum absolute atomic E-state index is 0.142. The smallest absolute Gasteiger partial charge is 0.335 e. The van der Waals surface area contributed by atoms with E-state index in [4.69, 9.17) is 11.6 Å². The summed E-state index contributed by atoms with van der Waals surface area (Å²) in [7, 11) is 0. The van der Waals surface area contributed by atoms with Crippen LogP contribution in [-0.4, -0.2) is 17.0 Å². The van der Waals surface area contributed by atoms with Gasteiger partial charge < -0.3 is 10.4 Å². The van der Waals surface area contributed by atoms with Gasteiger partial charge >= 0.3 is 5.97 Å². The predicted octanol–water partition coefficient (Wildman–Crippen LogP) is 6.52. The Kier molecular flexibility index (Phi) is 6.24. The molecular formula is C27H22ClNO3. The molecule has 0 saturated carbocycles. The van der Waals surface area contributed by atoms with Crippen molar-refractivity contribution < 1.29 is 14.7 Å². The lowest BCUT2D eigenvalue weighted by Gasteiger charge is -2.17. The number of carbonyl (C=O) groups is 2. The van der Waals surface area contributed by atoms with Gasteiger partial charge in [0.05, 0.1) is 11.5 Å². The monoisotopic (exact) mass is 443 g/mol. The lowest BCUT2D eigenvalue weighted by molar-refractivity contribution is -0.117. The average Bonchev–Trinajstić information content (AvgIpc) is 2.80. The van der Waals surface area contributed by atoms with Gasteiger partial charge in [0.25, 0.3) is 0 Å². The van der Waals surface area contributed by atoms with E-state index < -0.39 is 5.97 Å². The van der Waals surface area contributed by atoms with E-state index >= 15 is 0 Å². The molecule has 4 nitrogen and oxygen atoms in total. The van der Waals surface area contributed by atoms with Gasteiger partial charge in [-0.2, -0.15) is 0 Å². The minimum atomic E-state index is -0.988. The quantitative estimate of drug-likeness (QED) is 0.356. The van der Waals surface area contributed by atoms with Gasteiger partial charge in [0, 0.05) is 17.1 Å². The van der Waals surface area contributed by atoms with Crippen LogP contribution in [0.25, 0.3) is 10.8 Å². The third kappa shape index (κ3) is 4.51. The lowest BCUT2D eigenvalue weighted by Crippen LogP contribution is -2.20. The van der Waals surface area contributed by atoms with E-state index in [1.54, 1.807) is 42.5 Å². The van der Waals surface area contributed by atoms with Crippen LogP contribution >= 0.6 is 11.6 Å². The van der Waals surface area contributed by atoms with E-state index in [-0.39, 0.29) is 17.4 Å². The fourth-order valence-corrected chi connectivity index (χ4v) is 4.12. The van der Waals surface area contributed by atoms with Crippen molar-refractivity contribution in [2.24, 2.45) is 0 Å². The summed E-state index contributed by atoms with van der Waals surface area (Å²) in [5, 5.41) is 15.2. The molecule has 0 bridgehead atoms. The molecule has 0 saturated heterocycles. The van der Waals surface area contributed by atoms with Crippen molar-refractivity contribution in [3.63, 3.8) is 0 Å². The normalized spacial score (nSPS) is 11.8. The average molecular weight is 444 g/mol. The first-order valence-corrected chi connectivity index (χ1v) is 10.7. The molecule has 0 aromatic heterocycles. The molecule has 0 aliphatic carbocycles. The molecular weight excluding hydrogens is 422 g/mol. The first kappa shape index (κ1) is 21.6. The van der Waals surface area contributed by atoms with Gasteiger partial charge in [-0.15, -0.1) is 0 Å². The first-order chi connectivity index (χ1) is 15.4. The summed E-state index contributed by atoms with van der Waals surface area (Å²) in [5.41, 5.74) is 3.21. The Morgan fingerprint density at radius 1 is 0.906 bits per heavy atom. The van der Waals surface area contributed by atoms with Crippen LogP contribution in [-0.2, 0) is 11.2 Å². The Bertz CT molecular complexity index is 1310. The van der Waals surface area contributed by atoms with Crippen molar-refractivity contribution in [3.8, 4) is 0 Å². The number of fused-ring (bicyclic) bond motifs is 1. The zero-order valence-electron chi connectivity index (χ0n) is 17.5. The van der Waals surface area contributed by atoms with Gasteiger partial charge in [0.2, 0.25) is 5.91 Å². The molecule has 1 amide bonds. The second-order valence-corrected chi connectivity index (χ2v) is 8.16. The molecule has 160 valence electrons. The molecule has 5 heteroatoms. The Morgan fingerprint density at radius 3 is 2.44 bits per heavy atom. The van der Waals surface area contributed by atoms with Crippen molar-refractivity contribution in [3.05, 3.63) is 112 Å². The number of hydrogen-bond donors (Lipinski definition) is 2. The number of hydrogen-bond acceptors (Lipinski definition) is 2. The zero-order chi connectivity index (χ0) is 22.7. The summed E-state index contributed by atoms with van der Waals surface area (Å²) in [5.74, 6) is -1.51. The van der Waals surface area contributed by atoms with E-state index in [0.29, 0.717) is 22.7 Å². The number of nitrogens with one attached hydrogen (secondary N) is 1. The zero-order valence-corrected chi connectivity index (χ0v) is 18.3. The summed E-state index contributed by atoms with van der Waals surface area (Å²) in [6, 6.07) is 26.0. The highest BCUT2D eigenvalue weighted by atomic mass is 35.5. The number of carboxylic acids is 1. The molecule has 4 aromatic rings. The predicted molar refractivity (Wildman–Crippen MR) is 129 cm³/mol. The Labute approximate surface area is 191 Å². The van der Waals surface area contributed by atoms with Gasteiger partial charge in [-0.25, -0.2) is 4.79 Å². The molecule has 0 aliphatic heterocycles. The lowest BCUT2D eigenvalue weighted by atomic mass is 9.93.